The number of anilines is 1. The molecule has 1 aromatic heterocycles. The second-order valence-corrected chi connectivity index (χ2v) is 10.1. The van der Waals surface area contributed by atoms with Gasteiger partial charge in [-0.05, 0) is 35.9 Å². The van der Waals surface area contributed by atoms with Crippen LogP contribution in [0.15, 0.2) is 52.7 Å². The van der Waals surface area contributed by atoms with Gasteiger partial charge in [0, 0.05) is 42.5 Å². The van der Waals surface area contributed by atoms with Gasteiger partial charge in [0.2, 0.25) is 10.0 Å². The Morgan fingerprint density at radius 1 is 1.00 bits per heavy atom. The van der Waals surface area contributed by atoms with E-state index in [9.17, 15) is 17.2 Å². The van der Waals surface area contributed by atoms with Crippen LogP contribution in [0.25, 0.3) is 11.3 Å². The van der Waals surface area contributed by atoms with Crippen LogP contribution >= 0.6 is 27.3 Å². The molecule has 0 radical (unpaired) electrons. The van der Waals surface area contributed by atoms with Gasteiger partial charge >= 0.3 is 0 Å². The molecule has 0 bridgehead atoms. The van der Waals surface area contributed by atoms with E-state index in [0.717, 1.165) is 22.8 Å². The fourth-order valence-corrected chi connectivity index (χ4v) is 5.90. The van der Waals surface area contributed by atoms with E-state index < -0.39 is 21.7 Å². The monoisotopic (exact) mass is 513 g/mol. The smallest absolute Gasteiger partial charge is 0.243 e. The summed E-state index contributed by atoms with van der Waals surface area (Å²) in [7, 11) is -3.54. The van der Waals surface area contributed by atoms with Crippen LogP contribution in [0.1, 0.15) is 5.56 Å². The molecule has 0 spiro atoms. The van der Waals surface area contributed by atoms with E-state index in [4.69, 9.17) is 0 Å². The Kier molecular flexibility index (Phi) is 6.19. The van der Waals surface area contributed by atoms with E-state index in [0.29, 0.717) is 42.8 Å². The SMILES string of the molecule is O=S(=O)(c1ccc(CBr)cc1)N1CCN(c2nc(-c3ccc(F)c(F)c3)cs2)CC1. The predicted octanol–water partition coefficient (Wildman–Crippen LogP) is 4.49. The van der Waals surface area contributed by atoms with E-state index in [1.54, 1.807) is 29.6 Å². The van der Waals surface area contributed by atoms with Crippen molar-refractivity contribution in [2.45, 2.75) is 10.2 Å². The summed E-state index contributed by atoms with van der Waals surface area (Å²) < 4.78 is 53.9. The van der Waals surface area contributed by atoms with Gasteiger partial charge in [-0.25, -0.2) is 22.2 Å². The van der Waals surface area contributed by atoms with Gasteiger partial charge in [-0.3, -0.25) is 0 Å². The number of nitrogens with zero attached hydrogens (tertiary/aromatic N) is 3. The summed E-state index contributed by atoms with van der Waals surface area (Å²) in [6.07, 6.45) is 0. The number of halogens is 3. The molecule has 1 aliphatic heterocycles. The van der Waals surface area contributed by atoms with Crippen LogP contribution in [0.4, 0.5) is 13.9 Å². The van der Waals surface area contributed by atoms with Gasteiger partial charge in [-0.15, -0.1) is 11.3 Å². The first-order valence-electron chi connectivity index (χ1n) is 9.19. The largest absolute Gasteiger partial charge is 0.345 e. The number of sulfonamides is 1. The fraction of sp³-hybridized carbons (Fsp3) is 0.250. The highest BCUT2D eigenvalue weighted by Gasteiger charge is 2.29. The summed E-state index contributed by atoms with van der Waals surface area (Å²) in [5, 5.41) is 3.19. The minimum Gasteiger partial charge on any atom is -0.345 e. The molecular formula is C20H18BrF2N3O2S2. The lowest BCUT2D eigenvalue weighted by atomic mass is 10.2. The zero-order valence-corrected chi connectivity index (χ0v) is 19.0. The Bertz CT molecular complexity index is 1150. The number of hydrogen-bond donors (Lipinski definition) is 0. The molecule has 0 atom stereocenters. The number of rotatable bonds is 5. The Labute approximate surface area is 186 Å². The van der Waals surface area contributed by atoms with Crippen molar-refractivity contribution in [3.05, 3.63) is 65.0 Å². The van der Waals surface area contributed by atoms with Gasteiger partial charge in [0.1, 0.15) is 0 Å². The number of hydrogen-bond acceptors (Lipinski definition) is 5. The molecule has 1 fully saturated rings. The molecule has 1 aliphatic rings. The van der Waals surface area contributed by atoms with E-state index in [-0.39, 0.29) is 4.90 Å². The summed E-state index contributed by atoms with van der Waals surface area (Å²) in [6, 6.07) is 10.6. The Morgan fingerprint density at radius 3 is 2.33 bits per heavy atom. The highest BCUT2D eigenvalue weighted by molar-refractivity contribution is 9.08. The number of alkyl halides is 1. The average Bonchev–Trinajstić information content (AvgIpc) is 3.26. The molecule has 4 rings (SSSR count). The second kappa shape index (κ2) is 8.70. The van der Waals surface area contributed by atoms with Crippen LogP contribution in [0.3, 0.4) is 0 Å². The molecule has 0 N–H and O–H groups in total. The molecule has 2 heterocycles. The van der Waals surface area contributed by atoms with Crippen molar-refractivity contribution in [1.29, 1.82) is 0 Å². The zero-order chi connectivity index (χ0) is 21.3. The number of aromatic nitrogens is 1. The molecule has 2 aromatic carbocycles. The zero-order valence-electron chi connectivity index (χ0n) is 15.8. The lowest BCUT2D eigenvalue weighted by molar-refractivity contribution is 0.385. The van der Waals surface area contributed by atoms with Crippen molar-refractivity contribution >= 4 is 42.4 Å². The van der Waals surface area contributed by atoms with Gasteiger partial charge in [-0.2, -0.15) is 4.31 Å². The van der Waals surface area contributed by atoms with Crippen LogP contribution < -0.4 is 4.90 Å². The normalized spacial score (nSPS) is 15.5. The maximum atomic E-state index is 13.5. The van der Waals surface area contributed by atoms with Gasteiger partial charge in [0.05, 0.1) is 10.6 Å². The first kappa shape index (κ1) is 21.4. The third-order valence-electron chi connectivity index (χ3n) is 4.93. The van der Waals surface area contributed by atoms with Gasteiger partial charge < -0.3 is 4.90 Å². The molecular weight excluding hydrogens is 496 g/mol. The third kappa shape index (κ3) is 4.27. The van der Waals surface area contributed by atoms with E-state index in [2.05, 4.69) is 20.9 Å². The molecule has 0 unspecified atom stereocenters. The number of thiazole rings is 1. The van der Waals surface area contributed by atoms with Crippen molar-refractivity contribution in [1.82, 2.24) is 9.29 Å². The molecule has 30 heavy (non-hydrogen) atoms. The number of benzene rings is 2. The van der Waals surface area contributed by atoms with Crippen LogP contribution in [0, 0.1) is 11.6 Å². The Balaban J connectivity index is 1.44. The topological polar surface area (TPSA) is 53.5 Å². The van der Waals surface area contributed by atoms with Gasteiger partial charge in [0.25, 0.3) is 0 Å². The molecule has 158 valence electrons. The third-order valence-corrected chi connectivity index (χ3v) is 8.39. The lowest BCUT2D eigenvalue weighted by Crippen LogP contribution is -2.48. The summed E-state index contributed by atoms with van der Waals surface area (Å²) in [5.41, 5.74) is 2.08. The molecule has 0 saturated carbocycles. The lowest BCUT2D eigenvalue weighted by Gasteiger charge is -2.33. The minimum absolute atomic E-state index is 0.288. The molecule has 10 heteroatoms. The summed E-state index contributed by atoms with van der Waals surface area (Å²) in [6.45, 7) is 1.71. The Morgan fingerprint density at radius 2 is 1.70 bits per heavy atom. The average molecular weight is 514 g/mol. The minimum atomic E-state index is -3.54. The maximum Gasteiger partial charge on any atom is 0.243 e. The van der Waals surface area contributed by atoms with Crippen molar-refractivity contribution in [2.75, 3.05) is 31.1 Å². The predicted molar refractivity (Wildman–Crippen MR) is 118 cm³/mol. The standard InChI is InChI=1S/C20H18BrF2N3O2S2/c21-12-14-1-4-16(5-2-14)30(27,28)26-9-7-25(8-10-26)20-24-19(13-29-20)15-3-6-17(22)18(23)11-15/h1-6,11,13H,7-10,12H2. The maximum absolute atomic E-state index is 13.5. The van der Waals surface area contributed by atoms with Gasteiger partial charge in [-0.1, -0.05) is 28.1 Å². The van der Waals surface area contributed by atoms with E-state index in [1.807, 2.05) is 4.90 Å². The summed E-state index contributed by atoms with van der Waals surface area (Å²) in [5.74, 6) is -1.81. The Hall–Kier alpha value is -1.88. The second-order valence-electron chi connectivity index (χ2n) is 6.81. The van der Waals surface area contributed by atoms with Crippen molar-refractivity contribution in [3.8, 4) is 11.3 Å². The molecule has 0 aliphatic carbocycles. The van der Waals surface area contributed by atoms with Crippen molar-refractivity contribution in [3.63, 3.8) is 0 Å². The van der Waals surface area contributed by atoms with Crippen molar-refractivity contribution < 1.29 is 17.2 Å². The fourth-order valence-electron chi connectivity index (χ4n) is 3.22. The molecule has 0 amide bonds. The highest BCUT2D eigenvalue weighted by atomic mass is 79.9. The summed E-state index contributed by atoms with van der Waals surface area (Å²) >= 11 is 4.75. The van der Waals surface area contributed by atoms with E-state index in [1.165, 1.54) is 21.7 Å². The highest BCUT2D eigenvalue weighted by Crippen LogP contribution is 2.29. The van der Waals surface area contributed by atoms with Crippen LogP contribution in [-0.2, 0) is 15.4 Å². The first-order valence-corrected chi connectivity index (χ1v) is 12.6. The van der Waals surface area contributed by atoms with Crippen LogP contribution in [0.2, 0.25) is 0 Å². The molecule has 5 nitrogen and oxygen atoms in total. The molecule has 3 aromatic rings. The molecule has 1 saturated heterocycles. The van der Waals surface area contributed by atoms with Crippen molar-refractivity contribution in [2.24, 2.45) is 0 Å². The summed E-state index contributed by atoms with van der Waals surface area (Å²) in [4.78, 5) is 6.82. The van der Waals surface area contributed by atoms with Gasteiger partial charge in [0.15, 0.2) is 16.8 Å². The van der Waals surface area contributed by atoms with Crippen LogP contribution in [-0.4, -0.2) is 43.9 Å². The first-order chi connectivity index (χ1) is 14.4. The van der Waals surface area contributed by atoms with E-state index >= 15 is 0 Å². The quantitative estimate of drug-likeness (QED) is 0.471. The van der Waals surface area contributed by atoms with Crippen LogP contribution in [0.5, 0.6) is 0 Å². The number of piperazine rings is 1.